The van der Waals surface area contributed by atoms with E-state index in [1.807, 2.05) is 25.3 Å². The molecule has 0 spiro atoms. The summed E-state index contributed by atoms with van der Waals surface area (Å²) in [6.45, 7) is 24.0. The van der Waals surface area contributed by atoms with Gasteiger partial charge < -0.3 is 31.2 Å². The van der Waals surface area contributed by atoms with E-state index >= 15 is 4.39 Å². The lowest BCUT2D eigenvalue weighted by molar-refractivity contribution is 0.182. The van der Waals surface area contributed by atoms with Crippen molar-refractivity contribution in [2.24, 2.45) is 17.3 Å². The minimum atomic E-state index is -0.196. The first-order valence-corrected chi connectivity index (χ1v) is 22.8. The third-order valence-electron chi connectivity index (χ3n) is 14.3. The fraction of sp³-hybridized carbons (Fsp3) is 0.571. The molecule has 1 saturated carbocycles. The summed E-state index contributed by atoms with van der Waals surface area (Å²) in [7, 11) is 1.98. The number of rotatable bonds is 17. The van der Waals surface area contributed by atoms with E-state index in [4.69, 9.17) is 11.1 Å². The van der Waals surface area contributed by atoms with E-state index in [2.05, 4.69) is 78.7 Å². The van der Waals surface area contributed by atoms with Crippen molar-refractivity contribution in [3.8, 4) is 0 Å². The van der Waals surface area contributed by atoms with Crippen LogP contribution in [-0.2, 0) is 19.4 Å². The van der Waals surface area contributed by atoms with Crippen LogP contribution in [-0.4, -0.2) is 110 Å². The summed E-state index contributed by atoms with van der Waals surface area (Å²) in [6, 6.07) is 9.97. The van der Waals surface area contributed by atoms with E-state index < -0.39 is 0 Å². The van der Waals surface area contributed by atoms with Gasteiger partial charge in [0.15, 0.2) is 5.82 Å². The van der Waals surface area contributed by atoms with E-state index in [1.165, 1.54) is 6.07 Å². The zero-order valence-corrected chi connectivity index (χ0v) is 36.9. The Morgan fingerprint density at radius 3 is 2.23 bits per heavy atom. The maximum Gasteiger partial charge on any atom is 0.152 e. The molecule has 4 N–H and O–H groups in total. The van der Waals surface area contributed by atoms with Crippen LogP contribution >= 0.6 is 0 Å². The third-order valence-corrected chi connectivity index (χ3v) is 14.3. The molecule has 0 bridgehead atoms. The summed E-state index contributed by atoms with van der Waals surface area (Å²) in [4.78, 5) is 21.5. The quantitative estimate of drug-likeness (QED) is 0.0710. The highest BCUT2D eigenvalue weighted by atomic mass is 19.1. The fourth-order valence-electron chi connectivity index (χ4n) is 10.2. The number of aromatic nitrogens is 2. The molecule has 5 heterocycles. The lowest BCUT2D eigenvalue weighted by atomic mass is 9.94. The van der Waals surface area contributed by atoms with Gasteiger partial charge in [-0.2, -0.15) is 0 Å². The molecular weight excluding hydrogens is 767 g/mol. The number of nitrogen functional groups attached to an aromatic ring is 1. The largest absolute Gasteiger partial charge is 0.398 e. The molecule has 1 aliphatic carbocycles. The topological polar surface area (TPSA) is 104 Å². The molecule has 3 saturated heterocycles. The molecule has 0 amide bonds. The lowest BCUT2D eigenvalue weighted by Gasteiger charge is -2.36. The number of hydrogen-bond donors (Lipinski definition) is 3. The van der Waals surface area contributed by atoms with Gasteiger partial charge >= 0.3 is 0 Å². The van der Waals surface area contributed by atoms with Gasteiger partial charge in [-0.1, -0.05) is 31.7 Å². The van der Waals surface area contributed by atoms with Crippen molar-refractivity contribution >= 4 is 29.6 Å². The first kappa shape index (κ1) is 44.7. The number of nitrogens with zero attached hydrogens (tertiary/aromatic N) is 7. The molecule has 1 aromatic heterocycles. The molecule has 1 atom stereocenters. The highest BCUT2D eigenvalue weighted by Crippen LogP contribution is 2.48. The number of fused-ring (bicyclic) bond motifs is 1. The van der Waals surface area contributed by atoms with Gasteiger partial charge in [0, 0.05) is 99.9 Å². The maximum absolute atomic E-state index is 16.2. The second kappa shape index (κ2) is 20.2. The van der Waals surface area contributed by atoms with E-state index in [9.17, 15) is 4.39 Å². The van der Waals surface area contributed by atoms with Crippen molar-refractivity contribution in [3.63, 3.8) is 0 Å². The molecular formula is C49H70F2N10. The molecule has 4 fully saturated rings. The van der Waals surface area contributed by atoms with Gasteiger partial charge in [0.1, 0.15) is 18.0 Å². The Hall–Kier alpha value is -4.39. The highest BCUT2D eigenvalue weighted by Gasteiger charge is 2.38. The first-order valence-electron chi connectivity index (χ1n) is 22.8. The van der Waals surface area contributed by atoms with Crippen molar-refractivity contribution in [2.45, 2.75) is 90.1 Å². The van der Waals surface area contributed by atoms with Crippen molar-refractivity contribution < 1.29 is 8.78 Å². The molecule has 330 valence electrons. The summed E-state index contributed by atoms with van der Waals surface area (Å²) in [6.07, 6.45) is 14.7. The zero-order valence-electron chi connectivity index (χ0n) is 36.9. The van der Waals surface area contributed by atoms with Crippen molar-refractivity contribution in [3.05, 3.63) is 95.5 Å². The molecule has 10 nitrogen and oxygen atoms in total. The normalized spacial score (nSPS) is 20.1. The zero-order chi connectivity index (χ0) is 43.1. The van der Waals surface area contributed by atoms with Gasteiger partial charge in [0.25, 0.3) is 0 Å². The Kier molecular flexibility index (Phi) is 14.8. The summed E-state index contributed by atoms with van der Waals surface area (Å²) in [5, 5.41) is 8.78. The van der Waals surface area contributed by atoms with E-state index in [0.29, 0.717) is 36.5 Å². The molecule has 5 aliphatic rings. The van der Waals surface area contributed by atoms with Crippen molar-refractivity contribution in [1.29, 1.82) is 5.41 Å². The monoisotopic (exact) mass is 837 g/mol. The van der Waals surface area contributed by atoms with Crippen LogP contribution in [0.3, 0.4) is 0 Å². The van der Waals surface area contributed by atoms with E-state index in [1.54, 1.807) is 6.33 Å². The van der Waals surface area contributed by atoms with Crippen LogP contribution < -0.4 is 20.9 Å². The van der Waals surface area contributed by atoms with Gasteiger partial charge in [-0.15, -0.1) is 6.58 Å². The smallest absolute Gasteiger partial charge is 0.152 e. The van der Waals surface area contributed by atoms with Crippen LogP contribution in [0.1, 0.15) is 92.7 Å². The third kappa shape index (κ3) is 10.8. The van der Waals surface area contributed by atoms with E-state index in [-0.39, 0.29) is 17.0 Å². The van der Waals surface area contributed by atoms with Crippen LogP contribution in [0.4, 0.5) is 26.0 Å². The molecule has 8 rings (SSSR count). The number of nitrogens with one attached hydrogen (secondary N) is 2. The first-order chi connectivity index (χ1) is 29.6. The summed E-state index contributed by atoms with van der Waals surface area (Å²) >= 11 is 0. The van der Waals surface area contributed by atoms with Crippen LogP contribution in [0.5, 0.6) is 0 Å². The predicted molar refractivity (Wildman–Crippen MR) is 247 cm³/mol. The second-order valence-electron chi connectivity index (χ2n) is 18.7. The highest BCUT2D eigenvalue weighted by molar-refractivity contribution is 5.72. The Labute approximate surface area is 363 Å². The molecule has 0 radical (unpaired) electrons. The van der Waals surface area contributed by atoms with E-state index in [0.717, 1.165) is 175 Å². The van der Waals surface area contributed by atoms with Crippen LogP contribution in [0, 0.1) is 34.3 Å². The SMILES string of the molecule is C=CCCC(CCNC)N1Cc2c(ccc(N3CCC(CN4CCN(CC5CCN(c6cc(Cc7cc(CC8(C)CC8)c(F)cc7N)ncn6)CC5)C4)CC3)c2F)C1=C.C=N. The predicted octanol–water partition coefficient (Wildman–Crippen LogP) is 7.97. The average molecular weight is 837 g/mol. The van der Waals surface area contributed by atoms with Gasteiger partial charge in [-0.05, 0) is 125 Å². The number of allylic oxidation sites excluding steroid dienone is 1. The van der Waals surface area contributed by atoms with Crippen LogP contribution in [0.2, 0.25) is 0 Å². The van der Waals surface area contributed by atoms with Gasteiger partial charge in [-0.3, -0.25) is 9.80 Å². The van der Waals surface area contributed by atoms with Gasteiger partial charge in [-0.25, -0.2) is 18.7 Å². The minimum absolute atomic E-state index is 0.0529. The Morgan fingerprint density at radius 2 is 1.59 bits per heavy atom. The Morgan fingerprint density at radius 1 is 0.918 bits per heavy atom. The molecule has 3 aromatic rings. The average Bonchev–Trinajstić information content (AvgIpc) is 3.67. The summed E-state index contributed by atoms with van der Waals surface area (Å²) in [5.74, 6) is 2.05. The summed E-state index contributed by atoms with van der Waals surface area (Å²) < 4.78 is 31.0. The molecule has 61 heavy (non-hydrogen) atoms. The van der Waals surface area contributed by atoms with Crippen molar-refractivity contribution in [2.75, 3.05) is 88.2 Å². The van der Waals surface area contributed by atoms with Crippen LogP contribution in [0.25, 0.3) is 5.70 Å². The van der Waals surface area contributed by atoms with Crippen molar-refractivity contribution in [1.82, 2.24) is 30.0 Å². The van der Waals surface area contributed by atoms with Crippen LogP contribution in [0.15, 0.2) is 55.9 Å². The minimum Gasteiger partial charge on any atom is -0.398 e. The number of halogens is 2. The fourth-order valence-corrected chi connectivity index (χ4v) is 10.2. The number of nitrogens with two attached hydrogens (primary N) is 1. The molecule has 2 aromatic carbocycles. The second-order valence-corrected chi connectivity index (χ2v) is 18.7. The number of hydrogen-bond acceptors (Lipinski definition) is 10. The number of benzene rings is 2. The maximum atomic E-state index is 16.2. The van der Waals surface area contributed by atoms with Gasteiger partial charge in [0.2, 0.25) is 0 Å². The lowest BCUT2D eigenvalue weighted by Crippen LogP contribution is -2.40. The standard InChI is InChI=1S/C48H67F2N9.CH3N/c1-5-6-7-40(10-17-52-4)59-31-42-41(34(59)2)8-9-45(47(42)50)57-18-11-35(12-19-57)29-55-22-23-56(33-55)30-36-13-20-58(21-14-36)46-26-39(53-32-54-46)25-37-24-38(28-48(3)15-16-48)43(49)27-44(37)51;1-2/h5,8-9,24,26-27,32,35-36,40,52H,1-2,6-7,10-23,25,28-31,33,51H2,3-4H3;2H,1H2. The number of anilines is 3. The summed E-state index contributed by atoms with van der Waals surface area (Å²) in [5.41, 5.74) is 13.1. The molecule has 1 unspecified atom stereocenters. The Balaban J connectivity index is 0.00000277. The number of piperidine rings is 2. The molecule has 4 aliphatic heterocycles. The molecule has 12 heteroatoms. The van der Waals surface area contributed by atoms with Gasteiger partial charge in [0.05, 0.1) is 18.1 Å². The Bertz CT molecular complexity index is 1970.